The number of carbonyl (C=O) groups excluding carboxylic acids is 1. The summed E-state index contributed by atoms with van der Waals surface area (Å²) in [6.45, 7) is -0.141. The second-order valence-corrected chi connectivity index (χ2v) is 5.25. The van der Waals surface area contributed by atoms with Crippen molar-refractivity contribution in [1.29, 1.82) is 0 Å². The molecule has 110 valence electrons. The number of pyridine rings is 1. The van der Waals surface area contributed by atoms with Crippen molar-refractivity contribution in [2.24, 2.45) is 0 Å². The molecule has 2 amide bonds. The van der Waals surface area contributed by atoms with E-state index in [0.717, 1.165) is 18.2 Å². The van der Waals surface area contributed by atoms with E-state index in [1.165, 1.54) is 6.20 Å². The molecule has 1 aromatic carbocycles. The number of anilines is 1. The largest absolute Gasteiger partial charge is 0.334 e. The molecular formula is C13H9BrClF2N3O. The molecule has 4 nitrogen and oxygen atoms in total. The number of halogens is 4. The Hall–Kier alpha value is -1.73. The van der Waals surface area contributed by atoms with Crippen molar-refractivity contribution in [3.8, 4) is 0 Å². The summed E-state index contributed by atoms with van der Waals surface area (Å²) in [5.74, 6) is -1.16. The molecule has 0 aliphatic rings. The number of hydrogen-bond acceptors (Lipinski definition) is 2. The number of nitrogens with zero attached hydrogens (tertiary/aromatic N) is 1. The van der Waals surface area contributed by atoms with Crippen molar-refractivity contribution in [1.82, 2.24) is 10.3 Å². The number of aromatic nitrogens is 1. The van der Waals surface area contributed by atoms with Gasteiger partial charge in [0.05, 0.1) is 16.4 Å². The number of carbonyl (C=O) groups is 1. The highest BCUT2D eigenvalue weighted by atomic mass is 79.9. The normalized spacial score (nSPS) is 10.3. The average Bonchev–Trinajstić information content (AvgIpc) is 2.44. The minimum absolute atomic E-state index is 0.0561. The van der Waals surface area contributed by atoms with Crippen LogP contribution in [0.2, 0.25) is 5.15 Å². The molecule has 8 heteroatoms. The van der Waals surface area contributed by atoms with E-state index in [0.29, 0.717) is 10.2 Å². The molecule has 2 rings (SSSR count). The lowest BCUT2D eigenvalue weighted by atomic mass is 10.2. The molecule has 0 atom stereocenters. The van der Waals surface area contributed by atoms with Crippen LogP contribution in [0.4, 0.5) is 19.3 Å². The first-order chi connectivity index (χ1) is 9.95. The first kappa shape index (κ1) is 15.7. The van der Waals surface area contributed by atoms with E-state index in [9.17, 15) is 13.6 Å². The number of urea groups is 1. The summed E-state index contributed by atoms with van der Waals surface area (Å²) in [5, 5.41) is 5.18. The Kier molecular flexibility index (Phi) is 5.08. The predicted molar refractivity (Wildman–Crippen MR) is 79.2 cm³/mol. The topological polar surface area (TPSA) is 54.0 Å². The van der Waals surface area contributed by atoms with Gasteiger partial charge in [-0.15, -0.1) is 0 Å². The molecule has 0 spiro atoms. The van der Waals surface area contributed by atoms with E-state index in [1.54, 1.807) is 6.07 Å². The van der Waals surface area contributed by atoms with Gasteiger partial charge < -0.3 is 10.6 Å². The van der Waals surface area contributed by atoms with Crippen molar-refractivity contribution < 1.29 is 13.6 Å². The van der Waals surface area contributed by atoms with Crippen molar-refractivity contribution in [3.05, 3.63) is 57.3 Å². The molecule has 2 aromatic rings. The smallest absolute Gasteiger partial charge is 0.319 e. The fraction of sp³-hybridized carbons (Fsp3) is 0.0769. The summed E-state index contributed by atoms with van der Waals surface area (Å²) in [5.41, 5.74) is 0.462. The quantitative estimate of drug-likeness (QED) is 0.793. The third kappa shape index (κ3) is 4.37. The first-order valence-electron chi connectivity index (χ1n) is 5.75. The van der Waals surface area contributed by atoms with Crippen LogP contribution in [0.3, 0.4) is 0 Å². The highest BCUT2D eigenvalue weighted by Gasteiger charge is 2.08. The Morgan fingerprint density at radius 3 is 2.81 bits per heavy atom. The average molecular weight is 377 g/mol. The van der Waals surface area contributed by atoms with Gasteiger partial charge in [-0.25, -0.2) is 18.6 Å². The maximum Gasteiger partial charge on any atom is 0.319 e. The fourth-order valence-corrected chi connectivity index (χ4v) is 1.97. The number of rotatable bonds is 3. The second-order valence-electron chi connectivity index (χ2n) is 4.04. The molecule has 1 aromatic heterocycles. The van der Waals surface area contributed by atoms with E-state index in [-0.39, 0.29) is 17.3 Å². The van der Waals surface area contributed by atoms with E-state index in [2.05, 4.69) is 31.5 Å². The standard InChI is InChI=1S/C13H9BrClF2N3O/c14-10-4-9(6-18-12(10)15)20-13(21)19-5-7-3-8(16)1-2-11(7)17/h1-4,6H,5H2,(H2,19,20,21). The Labute approximate surface area is 132 Å². The molecule has 0 saturated heterocycles. The van der Waals surface area contributed by atoms with Gasteiger partial charge in [-0.2, -0.15) is 0 Å². The zero-order chi connectivity index (χ0) is 15.4. The lowest BCUT2D eigenvalue weighted by molar-refractivity contribution is 0.251. The van der Waals surface area contributed by atoms with Crippen LogP contribution in [0.5, 0.6) is 0 Å². The zero-order valence-electron chi connectivity index (χ0n) is 10.5. The van der Waals surface area contributed by atoms with Crippen molar-refractivity contribution >= 4 is 39.2 Å². The number of amides is 2. The Balaban J connectivity index is 1.95. The van der Waals surface area contributed by atoms with E-state index < -0.39 is 17.7 Å². The first-order valence-corrected chi connectivity index (χ1v) is 6.92. The maximum atomic E-state index is 13.4. The lowest BCUT2D eigenvalue weighted by Gasteiger charge is -2.09. The molecule has 0 aliphatic heterocycles. The van der Waals surface area contributed by atoms with Crippen LogP contribution in [0.25, 0.3) is 0 Å². The zero-order valence-corrected chi connectivity index (χ0v) is 12.8. The summed E-state index contributed by atoms with van der Waals surface area (Å²) >= 11 is 8.90. The van der Waals surface area contributed by atoms with Crippen LogP contribution < -0.4 is 10.6 Å². The van der Waals surface area contributed by atoms with Gasteiger partial charge in [0.15, 0.2) is 0 Å². The predicted octanol–water partition coefficient (Wildman–Crippen LogP) is 4.10. The monoisotopic (exact) mass is 375 g/mol. The Morgan fingerprint density at radius 1 is 1.33 bits per heavy atom. The highest BCUT2D eigenvalue weighted by molar-refractivity contribution is 9.10. The Bertz CT molecular complexity index is 684. The molecule has 0 bridgehead atoms. The molecular weight excluding hydrogens is 368 g/mol. The van der Waals surface area contributed by atoms with Crippen LogP contribution in [-0.4, -0.2) is 11.0 Å². The third-order valence-corrected chi connectivity index (χ3v) is 3.64. The van der Waals surface area contributed by atoms with Gasteiger partial charge >= 0.3 is 6.03 Å². The van der Waals surface area contributed by atoms with Crippen LogP contribution in [-0.2, 0) is 6.54 Å². The van der Waals surface area contributed by atoms with Gasteiger partial charge in [-0.3, -0.25) is 0 Å². The molecule has 21 heavy (non-hydrogen) atoms. The molecule has 2 N–H and O–H groups in total. The number of nitrogens with one attached hydrogen (secondary N) is 2. The SMILES string of the molecule is O=C(NCc1cc(F)ccc1F)Nc1cnc(Cl)c(Br)c1. The minimum Gasteiger partial charge on any atom is -0.334 e. The second kappa shape index (κ2) is 6.82. The molecule has 0 unspecified atom stereocenters. The lowest BCUT2D eigenvalue weighted by Crippen LogP contribution is -2.28. The summed E-state index contributed by atoms with van der Waals surface area (Å²) in [4.78, 5) is 15.5. The molecule has 0 fully saturated rings. The van der Waals surface area contributed by atoms with Crippen LogP contribution in [0, 0.1) is 11.6 Å². The Morgan fingerprint density at radius 2 is 2.10 bits per heavy atom. The van der Waals surface area contributed by atoms with Gasteiger partial charge in [-0.1, -0.05) is 11.6 Å². The van der Waals surface area contributed by atoms with E-state index in [4.69, 9.17) is 11.6 Å². The number of benzene rings is 1. The van der Waals surface area contributed by atoms with Gasteiger partial charge in [0.1, 0.15) is 16.8 Å². The van der Waals surface area contributed by atoms with E-state index in [1.807, 2.05) is 0 Å². The summed E-state index contributed by atoms with van der Waals surface area (Å²) < 4.78 is 26.9. The third-order valence-electron chi connectivity index (χ3n) is 2.50. The van der Waals surface area contributed by atoms with Crippen molar-refractivity contribution in [2.75, 3.05) is 5.32 Å². The van der Waals surface area contributed by atoms with Gasteiger partial charge in [0.2, 0.25) is 0 Å². The molecule has 1 heterocycles. The van der Waals surface area contributed by atoms with Crippen LogP contribution in [0.1, 0.15) is 5.56 Å². The summed E-state index contributed by atoms with van der Waals surface area (Å²) in [6.07, 6.45) is 1.37. The van der Waals surface area contributed by atoms with Gasteiger partial charge in [0, 0.05) is 12.1 Å². The van der Waals surface area contributed by atoms with Crippen LogP contribution in [0.15, 0.2) is 34.9 Å². The van der Waals surface area contributed by atoms with Crippen molar-refractivity contribution in [3.63, 3.8) is 0 Å². The highest BCUT2D eigenvalue weighted by Crippen LogP contribution is 2.22. The summed E-state index contributed by atoms with van der Waals surface area (Å²) in [6, 6.07) is 4.03. The van der Waals surface area contributed by atoms with Gasteiger partial charge in [-0.05, 0) is 40.2 Å². The fourth-order valence-electron chi connectivity index (χ4n) is 1.52. The summed E-state index contributed by atoms with van der Waals surface area (Å²) in [7, 11) is 0. The maximum absolute atomic E-state index is 13.4. The van der Waals surface area contributed by atoms with E-state index >= 15 is 0 Å². The molecule has 0 radical (unpaired) electrons. The van der Waals surface area contributed by atoms with Gasteiger partial charge in [0.25, 0.3) is 0 Å². The number of hydrogen-bond donors (Lipinski definition) is 2. The minimum atomic E-state index is -0.590. The molecule has 0 saturated carbocycles. The van der Waals surface area contributed by atoms with Crippen LogP contribution >= 0.6 is 27.5 Å². The van der Waals surface area contributed by atoms with Crippen molar-refractivity contribution in [2.45, 2.75) is 6.54 Å². The molecule has 0 aliphatic carbocycles.